The van der Waals surface area contributed by atoms with Gasteiger partial charge in [-0.25, -0.2) is 0 Å². The number of nitrogens with zero attached hydrogens (tertiary/aromatic N) is 1. The molecule has 0 saturated carbocycles. The van der Waals surface area contributed by atoms with E-state index in [4.69, 9.17) is 5.11 Å². The van der Waals surface area contributed by atoms with Crippen LogP contribution in [0.5, 0.6) is 0 Å². The third-order valence-corrected chi connectivity index (χ3v) is 2.11. The van der Waals surface area contributed by atoms with Gasteiger partial charge in [0, 0.05) is 6.54 Å². The molecule has 0 aliphatic rings. The molecule has 13 heavy (non-hydrogen) atoms. The molecular formula is C10H21NO2. The Labute approximate surface area is 80.7 Å². The monoisotopic (exact) mass is 187 g/mol. The van der Waals surface area contributed by atoms with Crippen molar-refractivity contribution in [3.8, 4) is 0 Å². The maximum absolute atomic E-state index is 10.3. The van der Waals surface area contributed by atoms with Crippen LogP contribution in [0.25, 0.3) is 0 Å². The van der Waals surface area contributed by atoms with Crippen LogP contribution in [-0.4, -0.2) is 35.6 Å². The van der Waals surface area contributed by atoms with Crippen LogP contribution in [0, 0.1) is 5.92 Å². The van der Waals surface area contributed by atoms with E-state index < -0.39 is 5.97 Å². The molecule has 1 N–H and O–H groups in total. The van der Waals surface area contributed by atoms with Gasteiger partial charge >= 0.3 is 5.97 Å². The molecule has 0 aromatic carbocycles. The van der Waals surface area contributed by atoms with Crippen molar-refractivity contribution in [3.63, 3.8) is 0 Å². The average molecular weight is 187 g/mol. The van der Waals surface area contributed by atoms with Crippen LogP contribution in [0.3, 0.4) is 0 Å². The molecule has 78 valence electrons. The van der Waals surface area contributed by atoms with E-state index in [0.29, 0.717) is 12.5 Å². The molecule has 0 aliphatic carbocycles. The molecule has 0 rings (SSSR count). The van der Waals surface area contributed by atoms with Crippen molar-refractivity contribution in [1.29, 1.82) is 0 Å². The number of carbonyl (C=O) groups is 1. The van der Waals surface area contributed by atoms with E-state index in [1.165, 1.54) is 0 Å². The lowest BCUT2D eigenvalue weighted by Crippen LogP contribution is -2.28. The molecule has 0 aromatic rings. The van der Waals surface area contributed by atoms with Crippen LogP contribution >= 0.6 is 0 Å². The molecule has 0 aliphatic heterocycles. The van der Waals surface area contributed by atoms with E-state index in [0.717, 1.165) is 19.5 Å². The highest BCUT2D eigenvalue weighted by Gasteiger charge is 2.05. The molecule has 0 radical (unpaired) electrons. The second-order valence-corrected chi connectivity index (χ2v) is 3.76. The van der Waals surface area contributed by atoms with Gasteiger partial charge < -0.3 is 10.0 Å². The fourth-order valence-corrected chi connectivity index (χ4v) is 1.12. The van der Waals surface area contributed by atoms with Gasteiger partial charge in [0.25, 0.3) is 0 Å². The molecule has 0 amide bonds. The van der Waals surface area contributed by atoms with Gasteiger partial charge in [0.05, 0.1) is 6.42 Å². The Kier molecular flexibility index (Phi) is 6.59. The molecule has 0 fully saturated rings. The minimum Gasteiger partial charge on any atom is -0.481 e. The van der Waals surface area contributed by atoms with E-state index in [9.17, 15) is 4.79 Å². The van der Waals surface area contributed by atoms with Crippen molar-refractivity contribution in [2.45, 2.75) is 33.6 Å². The summed E-state index contributed by atoms with van der Waals surface area (Å²) in [5.41, 5.74) is 0. The molecule has 0 saturated heterocycles. The second-order valence-electron chi connectivity index (χ2n) is 3.76. The largest absolute Gasteiger partial charge is 0.481 e. The minimum atomic E-state index is -0.706. The fraction of sp³-hybridized carbons (Fsp3) is 0.900. The number of rotatable bonds is 7. The van der Waals surface area contributed by atoms with E-state index >= 15 is 0 Å². The van der Waals surface area contributed by atoms with Crippen molar-refractivity contribution < 1.29 is 9.90 Å². The maximum Gasteiger partial charge on any atom is 0.304 e. The Morgan fingerprint density at radius 2 is 2.00 bits per heavy atom. The quantitative estimate of drug-likeness (QED) is 0.661. The zero-order valence-corrected chi connectivity index (χ0v) is 8.92. The van der Waals surface area contributed by atoms with Crippen molar-refractivity contribution in [1.82, 2.24) is 4.90 Å². The number of carboxylic acid groups (broad SMARTS) is 1. The predicted molar refractivity (Wildman–Crippen MR) is 53.8 cm³/mol. The summed E-state index contributed by atoms with van der Waals surface area (Å²) in [6.07, 6.45) is 1.40. The topological polar surface area (TPSA) is 40.5 Å². The summed E-state index contributed by atoms with van der Waals surface area (Å²) < 4.78 is 0. The van der Waals surface area contributed by atoms with Gasteiger partial charge in [-0.3, -0.25) is 4.79 Å². The minimum absolute atomic E-state index is 0.256. The molecule has 3 heteroatoms. The number of carboxylic acids is 1. The van der Waals surface area contributed by atoms with Crippen LogP contribution in [-0.2, 0) is 4.79 Å². The summed E-state index contributed by atoms with van der Waals surface area (Å²) in [6.45, 7) is 9.08. The summed E-state index contributed by atoms with van der Waals surface area (Å²) in [7, 11) is 0. The molecule has 3 nitrogen and oxygen atoms in total. The van der Waals surface area contributed by atoms with Crippen LogP contribution in [0.2, 0.25) is 0 Å². The van der Waals surface area contributed by atoms with Gasteiger partial charge in [-0.1, -0.05) is 20.8 Å². The Morgan fingerprint density at radius 3 is 2.38 bits per heavy atom. The SMILES string of the molecule is CCN(CCC(=O)O)CCC(C)C. The second kappa shape index (κ2) is 6.89. The first-order chi connectivity index (χ1) is 6.06. The Morgan fingerprint density at radius 1 is 1.38 bits per heavy atom. The highest BCUT2D eigenvalue weighted by atomic mass is 16.4. The molecule has 0 spiro atoms. The van der Waals surface area contributed by atoms with Gasteiger partial charge in [-0.15, -0.1) is 0 Å². The van der Waals surface area contributed by atoms with E-state index in [1.54, 1.807) is 0 Å². The molecule has 0 heterocycles. The molecule has 0 atom stereocenters. The summed E-state index contributed by atoms with van der Waals surface area (Å²) in [5, 5.41) is 8.51. The van der Waals surface area contributed by atoms with E-state index in [1.807, 2.05) is 0 Å². The number of hydrogen-bond acceptors (Lipinski definition) is 2. The number of aliphatic carboxylic acids is 1. The smallest absolute Gasteiger partial charge is 0.304 e. The first-order valence-electron chi connectivity index (χ1n) is 5.00. The normalized spacial score (nSPS) is 11.2. The first-order valence-corrected chi connectivity index (χ1v) is 5.00. The standard InChI is InChI=1S/C10H21NO2/c1-4-11(7-5-9(2)3)8-6-10(12)13/h9H,4-8H2,1-3H3,(H,12,13). The average Bonchev–Trinajstić information content (AvgIpc) is 2.04. The number of hydrogen-bond donors (Lipinski definition) is 1. The van der Waals surface area contributed by atoms with E-state index in [-0.39, 0.29) is 6.42 Å². The molecule has 0 unspecified atom stereocenters. The van der Waals surface area contributed by atoms with Gasteiger partial charge in [-0.2, -0.15) is 0 Å². The van der Waals surface area contributed by atoms with Crippen molar-refractivity contribution >= 4 is 5.97 Å². The third-order valence-electron chi connectivity index (χ3n) is 2.11. The summed E-state index contributed by atoms with van der Waals surface area (Å²) in [6, 6.07) is 0. The summed E-state index contributed by atoms with van der Waals surface area (Å²) >= 11 is 0. The van der Waals surface area contributed by atoms with Crippen molar-refractivity contribution in [2.24, 2.45) is 5.92 Å². The zero-order chi connectivity index (χ0) is 10.3. The summed E-state index contributed by atoms with van der Waals surface area (Å²) in [5.74, 6) is -0.0122. The highest BCUT2D eigenvalue weighted by molar-refractivity contribution is 5.66. The lowest BCUT2D eigenvalue weighted by Gasteiger charge is -2.20. The van der Waals surface area contributed by atoms with Gasteiger partial charge in [0.2, 0.25) is 0 Å². The van der Waals surface area contributed by atoms with Gasteiger partial charge in [0.1, 0.15) is 0 Å². The Bertz CT molecular complexity index is 146. The third kappa shape index (κ3) is 7.78. The van der Waals surface area contributed by atoms with Crippen molar-refractivity contribution in [2.75, 3.05) is 19.6 Å². The maximum atomic E-state index is 10.3. The lowest BCUT2D eigenvalue weighted by molar-refractivity contribution is -0.137. The lowest BCUT2D eigenvalue weighted by atomic mass is 10.1. The zero-order valence-electron chi connectivity index (χ0n) is 8.92. The Hall–Kier alpha value is -0.570. The molecule has 0 bridgehead atoms. The van der Waals surface area contributed by atoms with Crippen LogP contribution in [0.4, 0.5) is 0 Å². The van der Waals surface area contributed by atoms with Crippen LogP contribution in [0.15, 0.2) is 0 Å². The summed E-state index contributed by atoms with van der Waals surface area (Å²) in [4.78, 5) is 12.5. The Balaban J connectivity index is 3.57. The van der Waals surface area contributed by atoms with Gasteiger partial charge in [0.15, 0.2) is 0 Å². The predicted octanol–water partition coefficient (Wildman–Crippen LogP) is 1.83. The highest BCUT2D eigenvalue weighted by Crippen LogP contribution is 2.02. The first kappa shape index (κ1) is 12.4. The molecule has 0 aromatic heterocycles. The van der Waals surface area contributed by atoms with E-state index in [2.05, 4.69) is 25.7 Å². The van der Waals surface area contributed by atoms with Gasteiger partial charge in [-0.05, 0) is 25.4 Å². The molecular weight excluding hydrogens is 166 g/mol. The van der Waals surface area contributed by atoms with Crippen molar-refractivity contribution in [3.05, 3.63) is 0 Å². The fourth-order valence-electron chi connectivity index (χ4n) is 1.12. The van der Waals surface area contributed by atoms with Crippen LogP contribution < -0.4 is 0 Å². The van der Waals surface area contributed by atoms with Crippen LogP contribution in [0.1, 0.15) is 33.6 Å².